The topological polar surface area (TPSA) is 79.6 Å². The van der Waals surface area contributed by atoms with Crippen molar-refractivity contribution in [1.29, 1.82) is 0 Å². The minimum Gasteiger partial charge on any atom is -0.325 e. The first kappa shape index (κ1) is 19.0. The average Bonchev–Trinajstić information content (AvgIpc) is 3.37. The van der Waals surface area contributed by atoms with Gasteiger partial charge in [-0.05, 0) is 43.7 Å². The van der Waals surface area contributed by atoms with Gasteiger partial charge in [0.05, 0.1) is 28.9 Å². The highest BCUT2D eigenvalue weighted by Gasteiger charge is 2.18. The number of rotatable bonds is 6. The van der Waals surface area contributed by atoms with Crippen molar-refractivity contribution in [3.63, 3.8) is 0 Å². The SMILES string of the molecule is CN(C)CC(=O)Nc1cccc(-c2ccnc3c(C(=O)c4cccs4)cnn23)c1. The highest BCUT2D eigenvalue weighted by atomic mass is 32.1. The molecule has 0 saturated carbocycles. The molecule has 1 N–H and O–H groups in total. The van der Waals surface area contributed by atoms with Gasteiger partial charge in [-0.3, -0.25) is 9.59 Å². The summed E-state index contributed by atoms with van der Waals surface area (Å²) in [6.45, 7) is 0.303. The average molecular weight is 405 g/mol. The van der Waals surface area contributed by atoms with E-state index in [1.54, 1.807) is 23.0 Å². The third kappa shape index (κ3) is 3.94. The Hall–Kier alpha value is -3.36. The maximum absolute atomic E-state index is 12.8. The number of carbonyl (C=O) groups is 2. The zero-order valence-corrected chi connectivity index (χ0v) is 16.8. The van der Waals surface area contributed by atoms with Gasteiger partial charge in [-0.1, -0.05) is 18.2 Å². The number of carbonyl (C=O) groups excluding carboxylic acids is 2. The Balaban J connectivity index is 1.69. The lowest BCUT2D eigenvalue weighted by Crippen LogP contribution is -2.27. The van der Waals surface area contributed by atoms with Crippen LogP contribution in [0, 0.1) is 0 Å². The van der Waals surface area contributed by atoms with Crippen molar-refractivity contribution < 1.29 is 9.59 Å². The summed E-state index contributed by atoms with van der Waals surface area (Å²) in [6.07, 6.45) is 3.21. The summed E-state index contributed by atoms with van der Waals surface area (Å²) in [7, 11) is 3.69. The quantitative estimate of drug-likeness (QED) is 0.499. The molecule has 0 atom stereocenters. The molecule has 0 unspecified atom stereocenters. The zero-order chi connectivity index (χ0) is 20.4. The van der Waals surface area contributed by atoms with Crippen LogP contribution in [-0.2, 0) is 4.79 Å². The summed E-state index contributed by atoms with van der Waals surface area (Å²) < 4.78 is 1.65. The molecule has 8 heteroatoms. The second-order valence-corrected chi connectivity index (χ2v) is 7.74. The first-order chi connectivity index (χ1) is 14.0. The van der Waals surface area contributed by atoms with E-state index in [2.05, 4.69) is 15.4 Å². The maximum Gasteiger partial charge on any atom is 0.238 e. The lowest BCUT2D eigenvalue weighted by atomic mass is 10.1. The van der Waals surface area contributed by atoms with Crippen LogP contribution in [0.2, 0.25) is 0 Å². The molecule has 0 aliphatic rings. The number of fused-ring (bicyclic) bond motifs is 1. The fourth-order valence-corrected chi connectivity index (χ4v) is 3.73. The van der Waals surface area contributed by atoms with Crippen molar-refractivity contribution in [1.82, 2.24) is 19.5 Å². The Morgan fingerprint density at radius 1 is 1.17 bits per heavy atom. The van der Waals surface area contributed by atoms with Crippen LogP contribution in [0.1, 0.15) is 15.2 Å². The second-order valence-electron chi connectivity index (χ2n) is 6.80. The summed E-state index contributed by atoms with van der Waals surface area (Å²) >= 11 is 1.39. The van der Waals surface area contributed by atoms with E-state index in [1.807, 2.05) is 60.8 Å². The summed E-state index contributed by atoms with van der Waals surface area (Å²) in [6, 6.07) is 13.0. The number of ketones is 1. The summed E-state index contributed by atoms with van der Waals surface area (Å²) in [5.41, 5.74) is 3.30. The van der Waals surface area contributed by atoms with E-state index >= 15 is 0 Å². The van der Waals surface area contributed by atoms with Crippen LogP contribution in [0.15, 0.2) is 60.2 Å². The van der Waals surface area contributed by atoms with Crippen molar-refractivity contribution in [3.8, 4) is 11.3 Å². The van der Waals surface area contributed by atoms with Crippen molar-refractivity contribution in [2.45, 2.75) is 0 Å². The Bertz CT molecular complexity index is 1180. The molecular weight excluding hydrogens is 386 g/mol. The van der Waals surface area contributed by atoms with Crippen LogP contribution in [0.4, 0.5) is 5.69 Å². The van der Waals surface area contributed by atoms with Crippen LogP contribution in [-0.4, -0.2) is 51.8 Å². The molecule has 3 aromatic heterocycles. The normalized spacial score (nSPS) is 11.1. The number of hydrogen-bond donors (Lipinski definition) is 1. The van der Waals surface area contributed by atoms with E-state index in [0.29, 0.717) is 28.3 Å². The number of likely N-dealkylation sites (N-methyl/N-ethyl adjacent to an activating group) is 1. The van der Waals surface area contributed by atoms with E-state index in [4.69, 9.17) is 0 Å². The largest absolute Gasteiger partial charge is 0.325 e. The van der Waals surface area contributed by atoms with Gasteiger partial charge in [0.25, 0.3) is 0 Å². The van der Waals surface area contributed by atoms with E-state index in [1.165, 1.54) is 11.3 Å². The molecule has 0 saturated heterocycles. The molecule has 0 fully saturated rings. The molecule has 4 aromatic rings. The number of thiophene rings is 1. The van der Waals surface area contributed by atoms with Crippen molar-refractivity contribution in [3.05, 3.63) is 70.7 Å². The third-order valence-corrected chi connectivity index (χ3v) is 5.16. The molecule has 146 valence electrons. The minimum absolute atomic E-state index is 0.0880. The molecule has 1 aromatic carbocycles. The number of nitrogens with zero attached hydrogens (tertiary/aromatic N) is 4. The van der Waals surface area contributed by atoms with E-state index < -0.39 is 0 Å². The molecule has 0 bridgehead atoms. The standard InChI is InChI=1S/C21H19N5O2S/c1-25(2)13-19(27)24-15-6-3-5-14(11-15)17-8-9-22-21-16(12-23-26(17)21)20(28)18-7-4-10-29-18/h3-12H,13H2,1-2H3,(H,24,27). The summed E-state index contributed by atoms with van der Waals surface area (Å²) in [5.74, 6) is -0.181. The monoisotopic (exact) mass is 405 g/mol. The first-order valence-corrected chi connectivity index (χ1v) is 9.87. The number of nitrogens with one attached hydrogen (secondary N) is 1. The highest BCUT2D eigenvalue weighted by molar-refractivity contribution is 7.12. The van der Waals surface area contributed by atoms with Gasteiger partial charge in [0.1, 0.15) is 0 Å². The number of aromatic nitrogens is 3. The molecule has 4 rings (SSSR count). The van der Waals surface area contributed by atoms with Crippen molar-refractivity contribution in [2.24, 2.45) is 0 Å². The predicted molar refractivity (Wildman–Crippen MR) is 113 cm³/mol. The molecule has 29 heavy (non-hydrogen) atoms. The number of anilines is 1. The molecule has 0 radical (unpaired) electrons. The first-order valence-electron chi connectivity index (χ1n) is 8.99. The maximum atomic E-state index is 12.8. The van der Waals surface area contributed by atoms with Crippen molar-refractivity contribution in [2.75, 3.05) is 26.0 Å². The number of hydrogen-bond acceptors (Lipinski definition) is 6. The molecule has 7 nitrogen and oxygen atoms in total. The summed E-state index contributed by atoms with van der Waals surface area (Å²) in [5, 5.41) is 9.16. The van der Waals surface area contributed by atoms with Crippen LogP contribution >= 0.6 is 11.3 Å². The van der Waals surface area contributed by atoms with Gasteiger partial charge >= 0.3 is 0 Å². The minimum atomic E-state index is -0.0932. The lowest BCUT2D eigenvalue weighted by Gasteiger charge is -2.11. The Morgan fingerprint density at radius 3 is 2.79 bits per heavy atom. The van der Waals surface area contributed by atoms with Crippen LogP contribution in [0.3, 0.4) is 0 Å². The van der Waals surface area contributed by atoms with Gasteiger partial charge in [0.2, 0.25) is 11.7 Å². The fraction of sp³-hybridized carbons (Fsp3) is 0.143. The summed E-state index contributed by atoms with van der Waals surface area (Å²) in [4.78, 5) is 31.6. The molecule has 0 aliphatic carbocycles. The molecule has 1 amide bonds. The second kappa shape index (κ2) is 7.94. The number of benzene rings is 1. The molecule has 3 heterocycles. The van der Waals surface area contributed by atoms with Gasteiger partial charge < -0.3 is 10.2 Å². The van der Waals surface area contributed by atoms with E-state index in [-0.39, 0.29) is 11.7 Å². The van der Waals surface area contributed by atoms with Gasteiger partial charge in [-0.2, -0.15) is 5.10 Å². The Kier molecular flexibility index (Phi) is 5.20. The highest BCUT2D eigenvalue weighted by Crippen LogP contribution is 2.25. The Morgan fingerprint density at radius 2 is 2.03 bits per heavy atom. The lowest BCUT2D eigenvalue weighted by molar-refractivity contribution is -0.116. The number of amides is 1. The fourth-order valence-electron chi connectivity index (χ4n) is 3.05. The predicted octanol–water partition coefficient (Wildman–Crippen LogP) is 3.19. The van der Waals surface area contributed by atoms with Crippen molar-refractivity contribution >= 4 is 34.4 Å². The molecule has 0 spiro atoms. The zero-order valence-electron chi connectivity index (χ0n) is 16.0. The molecular formula is C21H19N5O2S. The Labute approximate surface area is 171 Å². The van der Waals surface area contributed by atoms with Crippen LogP contribution in [0.5, 0.6) is 0 Å². The van der Waals surface area contributed by atoms with Gasteiger partial charge in [0, 0.05) is 17.4 Å². The smallest absolute Gasteiger partial charge is 0.238 e. The van der Waals surface area contributed by atoms with Gasteiger partial charge in [-0.15, -0.1) is 11.3 Å². The van der Waals surface area contributed by atoms with Gasteiger partial charge in [-0.25, -0.2) is 9.50 Å². The third-order valence-electron chi connectivity index (χ3n) is 4.29. The van der Waals surface area contributed by atoms with Gasteiger partial charge in [0.15, 0.2) is 5.65 Å². The van der Waals surface area contributed by atoms with E-state index in [9.17, 15) is 9.59 Å². The van der Waals surface area contributed by atoms with Crippen LogP contribution < -0.4 is 5.32 Å². The molecule has 0 aliphatic heterocycles. The van der Waals surface area contributed by atoms with E-state index in [0.717, 1.165) is 11.3 Å². The van der Waals surface area contributed by atoms with Crippen LogP contribution in [0.25, 0.3) is 16.9 Å².